The molecule has 0 bridgehead atoms. The summed E-state index contributed by atoms with van der Waals surface area (Å²) < 4.78 is 0. The maximum atomic E-state index is 4.67. The minimum atomic E-state index is 0.557. The molecule has 0 unspecified atom stereocenters. The molecule has 1 fully saturated rings. The number of rotatable bonds is 3. The van der Waals surface area contributed by atoms with E-state index in [4.69, 9.17) is 0 Å². The van der Waals surface area contributed by atoms with Crippen molar-refractivity contribution in [3.63, 3.8) is 0 Å². The molecule has 0 amide bonds. The van der Waals surface area contributed by atoms with Crippen molar-refractivity contribution >= 4 is 11.8 Å². The molecule has 1 N–H and O–H groups in total. The molecule has 98 valence electrons. The summed E-state index contributed by atoms with van der Waals surface area (Å²) in [5.41, 5.74) is 3.72. The van der Waals surface area contributed by atoms with Gasteiger partial charge in [-0.1, -0.05) is 17.7 Å². The van der Waals surface area contributed by atoms with Crippen molar-refractivity contribution < 1.29 is 0 Å². The Hall–Kier alpha value is -1.39. The lowest BCUT2D eigenvalue weighted by Crippen LogP contribution is -2.40. The largest absolute Gasteiger partial charge is 0.315 e. The van der Waals surface area contributed by atoms with Gasteiger partial charge in [0.15, 0.2) is 5.16 Å². The van der Waals surface area contributed by atoms with Crippen LogP contribution in [0.2, 0.25) is 0 Å². The second kappa shape index (κ2) is 5.31. The highest BCUT2D eigenvalue weighted by Crippen LogP contribution is 2.29. The van der Waals surface area contributed by atoms with E-state index in [-0.39, 0.29) is 0 Å². The lowest BCUT2D eigenvalue weighted by molar-refractivity contribution is 0.436. The Morgan fingerprint density at radius 3 is 2.74 bits per heavy atom. The molecule has 3 rings (SSSR count). The van der Waals surface area contributed by atoms with Crippen LogP contribution in [0.25, 0.3) is 0 Å². The number of benzene rings is 1. The minimum Gasteiger partial charge on any atom is -0.315 e. The third-order valence-electron chi connectivity index (χ3n) is 3.39. The van der Waals surface area contributed by atoms with Crippen LogP contribution in [0.1, 0.15) is 22.7 Å². The van der Waals surface area contributed by atoms with Crippen LogP contribution in [-0.2, 0) is 0 Å². The Kier molecular flexibility index (Phi) is 3.53. The number of nitrogens with one attached hydrogen (secondary N) is 1. The fourth-order valence-electron chi connectivity index (χ4n) is 2.14. The van der Waals surface area contributed by atoms with Crippen LogP contribution in [0, 0.1) is 13.8 Å². The summed E-state index contributed by atoms with van der Waals surface area (Å²) in [5.74, 6) is 0.557. The number of hydrogen-bond donors (Lipinski definition) is 1. The average Bonchev–Trinajstić information content (AvgIpc) is 2.31. The summed E-state index contributed by atoms with van der Waals surface area (Å²) in [6, 6.07) is 8.50. The SMILES string of the molecule is Cc1ccc(Sc2nccc(C3CNC3)n2)c(C)c1. The van der Waals surface area contributed by atoms with Gasteiger partial charge in [-0.2, -0.15) is 0 Å². The first kappa shape index (κ1) is 12.6. The van der Waals surface area contributed by atoms with Crippen molar-refractivity contribution in [2.24, 2.45) is 0 Å². The van der Waals surface area contributed by atoms with E-state index in [9.17, 15) is 0 Å². The lowest BCUT2D eigenvalue weighted by atomic mass is 9.99. The minimum absolute atomic E-state index is 0.557. The monoisotopic (exact) mass is 271 g/mol. The molecule has 0 radical (unpaired) electrons. The number of aryl methyl sites for hydroxylation is 2. The molecule has 0 atom stereocenters. The van der Waals surface area contributed by atoms with Crippen molar-refractivity contribution in [2.75, 3.05) is 13.1 Å². The van der Waals surface area contributed by atoms with Gasteiger partial charge in [-0.25, -0.2) is 9.97 Å². The molecule has 0 spiro atoms. The van der Waals surface area contributed by atoms with Gasteiger partial charge in [0.25, 0.3) is 0 Å². The number of aromatic nitrogens is 2. The molecule has 1 aliphatic heterocycles. The van der Waals surface area contributed by atoms with Crippen molar-refractivity contribution in [3.05, 3.63) is 47.3 Å². The summed E-state index contributed by atoms with van der Waals surface area (Å²) in [7, 11) is 0. The van der Waals surface area contributed by atoms with E-state index in [2.05, 4.69) is 47.3 Å². The predicted octanol–water partition coefficient (Wildman–Crippen LogP) is 2.93. The first-order valence-electron chi connectivity index (χ1n) is 6.51. The zero-order chi connectivity index (χ0) is 13.2. The average molecular weight is 271 g/mol. The molecule has 1 aliphatic rings. The smallest absolute Gasteiger partial charge is 0.192 e. The van der Waals surface area contributed by atoms with Crippen molar-refractivity contribution in [2.45, 2.75) is 29.8 Å². The molecule has 1 aromatic carbocycles. The van der Waals surface area contributed by atoms with Gasteiger partial charge in [0, 0.05) is 30.1 Å². The van der Waals surface area contributed by atoms with Crippen LogP contribution in [0.4, 0.5) is 0 Å². The molecule has 0 aliphatic carbocycles. The van der Waals surface area contributed by atoms with E-state index in [1.165, 1.54) is 16.0 Å². The van der Waals surface area contributed by atoms with Gasteiger partial charge >= 0.3 is 0 Å². The van der Waals surface area contributed by atoms with E-state index in [1.807, 2.05) is 12.3 Å². The van der Waals surface area contributed by atoms with Gasteiger partial charge in [0.1, 0.15) is 0 Å². The second-order valence-corrected chi connectivity index (χ2v) is 6.00. The summed E-state index contributed by atoms with van der Waals surface area (Å²) in [4.78, 5) is 10.3. The number of nitrogens with zero attached hydrogens (tertiary/aromatic N) is 2. The third kappa shape index (κ3) is 2.80. The zero-order valence-electron chi connectivity index (χ0n) is 11.2. The maximum Gasteiger partial charge on any atom is 0.192 e. The van der Waals surface area contributed by atoms with E-state index in [0.717, 1.165) is 23.9 Å². The summed E-state index contributed by atoms with van der Waals surface area (Å²) in [6.07, 6.45) is 1.87. The highest BCUT2D eigenvalue weighted by atomic mass is 32.2. The third-order valence-corrected chi connectivity index (χ3v) is 4.44. The van der Waals surface area contributed by atoms with Crippen LogP contribution in [-0.4, -0.2) is 23.1 Å². The van der Waals surface area contributed by atoms with Gasteiger partial charge in [-0.3, -0.25) is 0 Å². The van der Waals surface area contributed by atoms with Gasteiger partial charge in [-0.05, 0) is 43.3 Å². The molecule has 19 heavy (non-hydrogen) atoms. The second-order valence-electron chi connectivity index (χ2n) is 4.99. The summed E-state index contributed by atoms with van der Waals surface area (Å²) >= 11 is 1.65. The van der Waals surface area contributed by atoms with Crippen LogP contribution in [0.3, 0.4) is 0 Å². The Bertz CT molecular complexity index is 594. The van der Waals surface area contributed by atoms with E-state index >= 15 is 0 Å². The van der Waals surface area contributed by atoms with E-state index < -0.39 is 0 Å². The summed E-state index contributed by atoms with van der Waals surface area (Å²) in [5, 5.41) is 4.12. The van der Waals surface area contributed by atoms with Crippen molar-refractivity contribution in [3.8, 4) is 0 Å². The first-order valence-corrected chi connectivity index (χ1v) is 7.33. The molecule has 3 nitrogen and oxygen atoms in total. The van der Waals surface area contributed by atoms with Gasteiger partial charge in [-0.15, -0.1) is 0 Å². The van der Waals surface area contributed by atoms with E-state index in [0.29, 0.717) is 5.92 Å². The molecular formula is C15H17N3S. The van der Waals surface area contributed by atoms with Gasteiger partial charge < -0.3 is 5.32 Å². The van der Waals surface area contributed by atoms with Crippen LogP contribution >= 0.6 is 11.8 Å². The molecule has 2 heterocycles. The molecule has 1 aromatic heterocycles. The fourth-order valence-corrected chi connectivity index (χ4v) is 2.96. The van der Waals surface area contributed by atoms with Crippen LogP contribution < -0.4 is 5.32 Å². The van der Waals surface area contributed by atoms with Crippen LogP contribution in [0.5, 0.6) is 0 Å². The zero-order valence-corrected chi connectivity index (χ0v) is 12.0. The highest BCUT2D eigenvalue weighted by molar-refractivity contribution is 7.99. The molecule has 4 heteroatoms. The lowest BCUT2D eigenvalue weighted by Gasteiger charge is -2.26. The topological polar surface area (TPSA) is 37.8 Å². The summed E-state index contributed by atoms with van der Waals surface area (Å²) in [6.45, 7) is 6.31. The quantitative estimate of drug-likeness (QED) is 0.871. The molecule has 2 aromatic rings. The molecule has 0 saturated carbocycles. The fraction of sp³-hybridized carbons (Fsp3) is 0.333. The predicted molar refractivity (Wildman–Crippen MR) is 77.7 cm³/mol. The Morgan fingerprint density at radius 1 is 1.21 bits per heavy atom. The Morgan fingerprint density at radius 2 is 2.05 bits per heavy atom. The molecular weight excluding hydrogens is 254 g/mol. The highest BCUT2D eigenvalue weighted by Gasteiger charge is 2.20. The standard InChI is InChI=1S/C15H17N3S/c1-10-3-4-14(11(2)7-10)19-15-17-6-5-13(18-15)12-8-16-9-12/h3-7,12,16H,8-9H2,1-2H3. The maximum absolute atomic E-state index is 4.67. The van der Waals surface area contributed by atoms with Crippen molar-refractivity contribution in [1.82, 2.24) is 15.3 Å². The van der Waals surface area contributed by atoms with Crippen molar-refractivity contribution in [1.29, 1.82) is 0 Å². The normalized spacial score (nSPS) is 15.3. The van der Waals surface area contributed by atoms with Gasteiger partial charge in [0.05, 0.1) is 5.69 Å². The molecule has 1 saturated heterocycles. The van der Waals surface area contributed by atoms with Gasteiger partial charge in [0.2, 0.25) is 0 Å². The van der Waals surface area contributed by atoms with Crippen LogP contribution in [0.15, 0.2) is 40.5 Å². The number of hydrogen-bond acceptors (Lipinski definition) is 4. The first-order chi connectivity index (χ1) is 9.22. The van der Waals surface area contributed by atoms with E-state index in [1.54, 1.807) is 11.8 Å². The Labute approximate surface area is 117 Å². The Balaban J connectivity index is 1.82.